The number of benzene rings is 1. The lowest BCUT2D eigenvalue weighted by atomic mass is 10.3. The Labute approximate surface area is 117 Å². The van der Waals surface area contributed by atoms with Gasteiger partial charge in [-0.05, 0) is 35.0 Å². The summed E-state index contributed by atoms with van der Waals surface area (Å²) in [5, 5.41) is 2.92. The second-order valence-corrected chi connectivity index (χ2v) is 4.41. The van der Waals surface area contributed by atoms with E-state index in [1.165, 1.54) is 12.3 Å². The molecule has 1 aromatic heterocycles. The van der Waals surface area contributed by atoms with Crippen molar-refractivity contribution in [1.29, 1.82) is 0 Å². The molecule has 2 aromatic rings. The molecule has 0 atom stereocenters. The van der Waals surface area contributed by atoms with Crippen LogP contribution >= 0.6 is 15.9 Å². The molecule has 0 aliphatic carbocycles. The Bertz CT molecular complexity index is 595. The number of halogens is 3. The molecule has 2 rings (SSSR count). The van der Waals surface area contributed by atoms with Gasteiger partial charge in [0.2, 0.25) is 11.8 Å². The molecule has 1 aromatic carbocycles. The summed E-state index contributed by atoms with van der Waals surface area (Å²) in [4.78, 5) is 8.12. The Morgan fingerprint density at radius 3 is 2.79 bits per heavy atom. The van der Waals surface area contributed by atoms with Gasteiger partial charge in [-0.2, -0.15) is 4.98 Å². The third-order valence-corrected chi connectivity index (χ3v) is 2.70. The van der Waals surface area contributed by atoms with Crippen LogP contribution in [0.5, 0.6) is 11.6 Å². The molecule has 0 amide bonds. The fourth-order valence-electron chi connectivity index (χ4n) is 1.32. The normalized spacial score (nSPS) is 10.3. The minimum atomic E-state index is -0.977. The van der Waals surface area contributed by atoms with E-state index in [0.717, 1.165) is 12.1 Å². The number of rotatable bonds is 4. The summed E-state index contributed by atoms with van der Waals surface area (Å²) < 4.78 is 31.8. The Balaban J connectivity index is 2.26. The minimum absolute atomic E-state index is 0.153. The van der Waals surface area contributed by atoms with E-state index >= 15 is 0 Å². The second kappa shape index (κ2) is 5.92. The zero-order valence-corrected chi connectivity index (χ0v) is 11.5. The maximum atomic E-state index is 13.1. The smallest absolute Gasteiger partial charge is 0.238 e. The first-order chi connectivity index (χ1) is 9.10. The van der Waals surface area contributed by atoms with Gasteiger partial charge in [0.15, 0.2) is 11.6 Å². The summed E-state index contributed by atoms with van der Waals surface area (Å²) >= 11 is 3.23. The van der Waals surface area contributed by atoms with Crippen LogP contribution < -0.4 is 10.1 Å². The van der Waals surface area contributed by atoms with Crippen molar-refractivity contribution < 1.29 is 13.5 Å². The molecular weight excluding hydrogens is 320 g/mol. The predicted molar refractivity (Wildman–Crippen MR) is 70.3 cm³/mol. The molecule has 100 valence electrons. The van der Waals surface area contributed by atoms with E-state index in [9.17, 15) is 8.78 Å². The van der Waals surface area contributed by atoms with Crippen molar-refractivity contribution in [1.82, 2.24) is 9.97 Å². The quantitative estimate of drug-likeness (QED) is 0.928. The van der Waals surface area contributed by atoms with Gasteiger partial charge in [-0.3, -0.25) is 0 Å². The topological polar surface area (TPSA) is 47.0 Å². The Hall–Kier alpha value is -1.76. The summed E-state index contributed by atoms with van der Waals surface area (Å²) in [7, 11) is 0. The van der Waals surface area contributed by atoms with Crippen LogP contribution in [0.3, 0.4) is 0 Å². The molecule has 4 nitrogen and oxygen atoms in total. The predicted octanol–water partition coefficient (Wildman–Crippen LogP) is 3.74. The lowest BCUT2D eigenvalue weighted by Gasteiger charge is -2.08. The molecule has 0 bridgehead atoms. The van der Waals surface area contributed by atoms with Crippen molar-refractivity contribution in [3.8, 4) is 11.6 Å². The Morgan fingerprint density at radius 2 is 2.11 bits per heavy atom. The summed E-state index contributed by atoms with van der Waals surface area (Å²) in [5.74, 6) is -1.14. The zero-order chi connectivity index (χ0) is 13.8. The van der Waals surface area contributed by atoms with Gasteiger partial charge >= 0.3 is 0 Å². The van der Waals surface area contributed by atoms with Gasteiger partial charge in [-0.15, -0.1) is 0 Å². The van der Waals surface area contributed by atoms with Gasteiger partial charge in [-0.1, -0.05) is 0 Å². The number of nitrogens with one attached hydrogen (secondary N) is 1. The van der Waals surface area contributed by atoms with Crippen molar-refractivity contribution >= 4 is 21.9 Å². The lowest BCUT2D eigenvalue weighted by Crippen LogP contribution is -2.03. The molecule has 0 saturated carbocycles. The van der Waals surface area contributed by atoms with Crippen molar-refractivity contribution in [2.24, 2.45) is 0 Å². The van der Waals surface area contributed by atoms with E-state index < -0.39 is 11.6 Å². The SMILES string of the molecule is CCNc1ncc(Br)c(Oc2ccc(F)c(F)c2)n1. The van der Waals surface area contributed by atoms with E-state index in [1.54, 1.807) is 0 Å². The molecule has 0 fully saturated rings. The fourth-order valence-corrected chi connectivity index (χ4v) is 1.59. The molecule has 0 aliphatic rings. The number of hydrogen-bond donors (Lipinski definition) is 1. The number of aromatic nitrogens is 2. The molecular formula is C12H10BrF2N3O. The summed E-state index contributed by atoms with van der Waals surface area (Å²) in [6, 6.07) is 3.27. The van der Waals surface area contributed by atoms with E-state index in [-0.39, 0.29) is 11.6 Å². The van der Waals surface area contributed by atoms with Crippen LogP contribution in [0.15, 0.2) is 28.9 Å². The van der Waals surface area contributed by atoms with Gasteiger partial charge in [0, 0.05) is 12.6 Å². The van der Waals surface area contributed by atoms with Crippen molar-refractivity contribution in [2.75, 3.05) is 11.9 Å². The first kappa shape index (κ1) is 13.7. The van der Waals surface area contributed by atoms with Crippen LogP contribution in [0.2, 0.25) is 0 Å². The number of hydrogen-bond acceptors (Lipinski definition) is 4. The lowest BCUT2D eigenvalue weighted by molar-refractivity contribution is 0.444. The van der Waals surface area contributed by atoms with Crippen LogP contribution in [0, 0.1) is 11.6 Å². The molecule has 0 unspecified atom stereocenters. The van der Waals surface area contributed by atoms with Crippen LogP contribution in [0.4, 0.5) is 14.7 Å². The van der Waals surface area contributed by atoms with Crippen LogP contribution in [0.25, 0.3) is 0 Å². The van der Waals surface area contributed by atoms with Gasteiger partial charge < -0.3 is 10.1 Å². The van der Waals surface area contributed by atoms with Crippen molar-refractivity contribution in [2.45, 2.75) is 6.92 Å². The first-order valence-electron chi connectivity index (χ1n) is 5.49. The van der Waals surface area contributed by atoms with E-state index in [2.05, 4.69) is 31.2 Å². The highest BCUT2D eigenvalue weighted by Crippen LogP contribution is 2.28. The Kier molecular flexibility index (Phi) is 4.26. The highest BCUT2D eigenvalue weighted by Gasteiger charge is 2.09. The van der Waals surface area contributed by atoms with Gasteiger partial charge in [-0.25, -0.2) is 13.8 Å². The largest absolute Gasteiger partial charge is 0.438 e. The molecule has 1 N–H and O–H groups in total. The van der Waals surface area contributed by atoms with Crippen LogP contribution in [0.1, 0.15) is 6.92 Å². The first-order valence-corrected chi connectivity index (χ1v) is 6.28. The number of anilines is 1. The number of nitrogens with zero attached hydrogens (tertiary/aromatic N) is 2. The summed E-state index contributed by atoms with van der Waals surface area (Å²) in [5.41, 5.74) is 0. The number of ether oxygens (including phenoxy) is 1. The average molecular weight is 330 g/mol. The maximum absolute atomic E-state index is 13.1. The van der Waals surface area contributed by atoms with E-state index in [1.807, 2.05) is 6.92 Å². The maximum Gasteiger partial charge on any atom is 0.238 e. The molecule has 0 aliphatic heterocycles. The third kappa shape index (κ3) is 3.37. The fraction of sp³-hybridized carbons (Fsp3) is 0.167. The van der Waals surface area contributed by atoms with E-state index in [4.69, 9.17) is 4.74 Å². The second-order valence-electron chi connectivity index (χ2n) is 3.56. The summed E-state index contributed by atoms with van der Waals surface area (Å²) in [6.07, 6.45) is 1.51. The highest BCUT2D eigenvalue weighted by molar-refractivity contribution is 9.10. The van der Waals surface area contributed by atoms with Crippen molar-refractivity contribution in [3.05, 3.63) is 40.5 Å². The molecule has 0 spiro atoms. The zero-order valence-electron chi connectivity index (χ0n) is 9.95. The minimum Gasteiger partial charge on any atom is -0.438 e. The van der Waals surface area contributed by atoms with E-state index in [0.29, 0.717) is 17.0 Å². The molecule has 7 heteroatoms. The highest BCUT2D eigenvalue weighted by atomic mass is 79.9. The van der Waals surface area contributed by atoms with Crippen LogP contribution in [-0.2, 0) is 0 Å². The third-order valence-electron chi connectivity index (χ3n) is 2.15. The average Bonchev–Trinajstić information content (AvgIpc) is 2.38. The molecule has 0 radical (unpaired) electrons. The molecule has 0 saturated heterocycles. The van der Waals surface area contributed by atoms with Gasteiger partial charge in [0.1, 0.15) is 5.75 Å². The van der Waals surface area contributed by atoms with Crippen molar-refractivity contribution in [3.63, 3.8) is 0 Å². The molecule has 19 heavy (non-hydrogen) atoms. The Morgan fingerprint density at radius 1 is 1.32 bits per heavy atom. The standard InChI is InChI=1S/C12H10BrF2N3O/c1-2-16-12-17-6-8(13)11(18-12)19-7-3-4-9(14)10(15)5-7/h3-6H,2H2,1H3,(H,16,17,18). The molecule has 1 heterocycles. The monoisotopic (exact) mass is 329 g/mol. The van der Waals surface area contributed by atoms with Gasteiger partial charge in [0.05, 0.1) is 10.7 Å². The van der Waals surface area contributed by atoms with Crippen LogP contribution in [-0.4, -0.2) is 16.5 Å². The van der Waals surface area contributed by atoms with Gasteiger partial charge in [0.25, 0.3) is 0 Å². The summed E-state index contributed by atoms with van der Waals surface area (Å²) in [6.45, 7) is 2.56.